The maximum absolute atomic E-state index is 12.1. The topological polar surface area (TPSA) is 118 Å². The maximum Gasteiger partial charge on any atom is 0.225 e. The van der Waals surface area contributed by atoms with Crippen molar-refractivity contribution in [3.63, 3.8) is 0 Å². The summed E-state index contributed by atoms with van der Waals surface area (Å²) in [7, 11) is 0. The number of imidazole rings is 2. The highest BCUT2D eigenvalue weighted by molar-refractivity contribution is 9.11. The molecule has 0 aliphatic rings. The van der Waals surface area contributed by atoms with E-state index in [1.165, 1.54) is 6.92 Å². The minimum atomic E-state index is -0.115. The first-order valence-corrected chi connectivity index (χ1v) is 15.2. The van der Waals surface area contributed by atoms with E-state index in [4.69, 9.17) is 0 Å². The molecule has 0 aliphatic carbocycles. The van der Waals surface area contributed by atoms with Crippen LogP contribution in [0.3, 0.4) is 0 Å². The molecule has 0 saturated heterocycles. The summed E-state index contributed by atoms with van der Waals surface area (Å²) < 4.78 is 6.78. The second kappa shape index (κ2) is 13.1. The van der Waals surface area contributed by atoms with Crippen LogP contribution in [-0.4, -0.2) is 44.6 Å². The van der Waals surface area contributed by atoms with Gasteiger partial charge in [0.1, 0.15) is 18.4 Å². The lowest BCUT2D eigenvalue weighted by Gasteiger charge is -2.20. The van der Waals surface area contributed by atoms with Gasteiger partial charge in [0, 0.05) is 50.6 Å². The Morgan fingerprint density at radius 3 is 2.02 bits per heavy atom. The number of halogens is 4. The average Bonchev–Trinajstić information content (AvgIpc) is 3.53. The van der Waals surface area contributed by atoms with Crippen molar-refractivity contribution in [2.75, 3.05) is 10.2 Å². The van der Waals surface area contributed by atoms with Crippen molar-refractivity contribution in [2.24, 2.45) is 0 Å². The molecule has 0 aliphatic heterocycles. The van der Waals surface area contributed by atoms with Crippen LogP contribution in [0.15, 0.2) is 92.3 Å². The van der Waals surface area contributed by atoms with E-state index in [-0.39, 0.29) is 5.91 Å². The molecular formula is C26H20Br4N10O. The van der Waals surface area contributed by atoms with E-state index in [0.29, 0.717) is 29.2 Å². The number of amides is 1. The Morgan fingerprint density at radius 2 is 1.41 bits per heavy atom. The van der Waals surface area contributed by atoms with Gasteiger partial charge in [0.05, 0.1) is 18.9 Å². The summed E-state index contributed by atoms with van der Waals surface area (Å²) in [5.41, 5.74) is 3.39. The number of hydrogen-bond acceptors (Lipinski definition) is 8. The molecule has 0 spiro atoms. The number of nitrogens with one attached hydrogen (secondary N) is 1. The maximum atomic E-state index is 12.1. The molecule has 6 aromatic heterocycles. The number of carbonyl (C=O) groups excluding carboxylic acids is 1. The van der Waals surface area contributed by atoms with Gasteiger partial charge in [-0.25, -0.2) is 19.9 Å². The Balaban J connectivity index is 0.000000166. The summed E-state index contributed by atoms with van der Waals surface area (Å²) in [4.78, 5) is 39.3. The number of rotatable bonds is 6. The Labute approximate surface area is 268 Å². The zero-order valence-corrected chi connectivity index (χ0v) is 27.6. The molecule has 0 saturated carbocycles. The Bertz CT molecular complexity index is 1810. The third-order valence-corrected chi connectivity index (χ3v) is 7.64. The monoisotopic (exact) mass is 804 g/mol. The van der Waals surface area contributed by atoms with Gasteiger partial charge in [0.15, 0.2) is 22.9 Å². The number of pyridine rings is 2. The zero-order valence-electron chi connectivity index (χ0n) is 21.3. The van der Waals surface area contributed by atoms with Crippen LogP contribution in [0.25, 0.3) is 11.3 Å². The van der Waals surface area contributed by atoms with Gasteiger partial charge in [0.25, 0.3) is 0 Å². The fourth-order valence-corrected chi connectivity index (χ4v) is 5.34. The molecule has 0 atom stereocenters. The molecule has 0 unspecified atom stereocenters. The molecule has 208 valence electrons. The molecule has 0 bridgehead atoms. The van der Waals surface area contributed by atoms with Crippen LogP contribution < -0.4 is 10.2 Å². The molecule has 0 fully saturated rings. The molecule has 1 amide bonds. The van der Waals surface area contributed by atoms with Crippen LogP contribution >= 0.6 is 63.7 Å². The SMILES string of the molecule is Brc1cn2c(Br)cnc2c(NCc2cccnc2)n1.CC(=O)N(Cc1cccnc1)c1nc(Br)cn2c(Br)cnc12. The Morgan fingerprint density at radius 1 is 0.829 bits per heavy atom. The number of anilines is 2. The summed E-state index contributed by atoms with van der Waals surface area (Å²) in [5.74, 6) is 1.11. The fourth-order valence-electron chi connectivity index (χ4n) is 3.84. The van der Waals surface area contributed by atoms with E-state index in [9.17, 15) is 4.79 Å². The summed E-state index contributed by atoms with van der Waals surface area (Å²) in [6, 6.07) is 7.67. The van der Waals surface area contributed by atoms with Crippen LogP contribution in [0.5, 0.6) is 0 Å². The number of fused-ring (bicyclic) bond motifs is 2. The highest BCUT2D eigenvalue weighted by Gasteiger charge is 2.20. The zero-order chi connectivity index (χ0) is 28.9. The molecule has 0 radical (unpaired) electrons. The number of aromatic nitrogens is 8. The lowest BCUT2D eigenvalue weighted by atomic mass is 10.2. The van der Waals surface area contributed by atoms with Gasteiger partial charge in [-0.2, -0.15) is 0 Å². The molecular weight excluding hydrogens is 788 g/mol. The largest absolute Gasteiger partial charge is 0.363 e. The van der Waals surface area contributed by atoms with Gasteiger partial charge in [-0.05, 0) is 87.0 Å². The second-order valence-electron chi connectivity index (χ2n) is 8.53. The average molecular weight is 808 g/mol. The third kappa shape index (κ3) is 6.97. The Kier molecular flexibility index (Phi) is 9.37. The van der Waals surface area contributed by atoms with E-state index < -0.39 is 0 Å². The van der Waals surface area contributed by atoms with Crippen LogP contribution in [-0.2, 0) is 17.9 Å². The predicted octanol–water partition coefficient (Wildman–Crippen LogP) is 6.46. The van der Waals surface area contributed by atoms with E-state index in [0.717, 1.165) is 36.4 Å². The molecule has 0 aromatic carbocycles. The molecule has 6 rings (SSSR count). The van der Waals surface area contributed by atoms with Gasteiger partial charge in [-0.3, -0.25) is 28.5 Å². The normalized spacial score (nSPS) is 10.9. The van der Waals surface area contributed by atoms with Gasteiger partial charge in [-0.1, -0.05) is 12.1 Å². The van der Waals surface area contributed by atoms with Gasteiger partial charge >= 0.3 is 0 Å². The summed E-state index contributed by atoms with van der Waals surface area (Å²) in [6.45, 7) is 2.54. The molecule has 6 aromatic rings. The first kappa shape index (κ1) is 29.2. The van der Waals surface area contributed by atoms with Crippen molar-refractivity contribution in [3.05, 3.63) is 103 Å². The van der Waals surface area contributed by atoms with Crippen molar-refractivity contribution < 1.29 is 4.79 Å². The number of nitrogens with zero attached hydrogens (tertiary/aromatic N) is 9. The fraction of sp³-hybridized carbons (Fsp3) is 0.115. The van der Waals surface area contributed by atoms with Gasteiger partial charge < -0.3 is 5.32 Å². The van der Waals surface area contributed by atoms with Gasteiger partial charge in [-0.15, -0.1) is 0 Å². The molecule has 1 N–H and O–H groups in total. The van der Waals surface area contributed by atoms with Crippen molar-refractivity contribution in [2.45, 2.75) is 20.0 Å². The standard InChI is InChI=1S/C14H11Br2N5O.C12H9Br2N5/c1-9(22)20(7-10-3-2-4-17-5-10)14-13-18-6-12(16)21(13)8-11(15)19-14;13-9-7-19-10(14)6-17-12(19)11(18-9)16-5-8-2-1-3-15-4-8/h2-6,8H,7H2,1H3;1-4,6-7H,5H2,(H,16,18). The lowest BCUT2D eigenvalue weighted by Crippen LogP contribution is -2.29. The van der Waals surface area contributed by atoms with Crippen LogP contribution in [0.1, 0.15) is 18.1 Å². The molecule has 15 heteroatoms. The number of hydrogen-bond donors (Lipinski definition) is 1. The quantitative estimate of drug-likeness (QED) is 0.204. The van der Waals surface area contributed by atoms with Crippen molar-refractivity contribution in [1.29, 1.82) is 0 Å². The van der Waals surface area contributed by atoms with E-state index in [1.54, 1.807) is 42.1 Å². The molecule has 6 heterocycles. The first-order valence-electron chi connectivity index (χ1n) is 12.0. The van der Waals surface area contributed by atoms with Crippen molar-refractivity contribution in [3.8, 4) is 0 Å². The van der Waals surface area contributed by atoms with Crippen LogP contribution in [0.4, 0.5) is 11.6 Å². The van der Waals surface area contributed by atoms with E-state index >= 15 is 0 Å². The summed E-state index contributed by atoms with van der Waals surface area (Å²) >= 11 is 13.6. The first-order chi connectivity index (χ1) is 19.8. The summed E-state index contributed by atoms with van der Waals surface area (Å²) in [5, 5.41) is 3.27. The third-order valence-electron chi connectivity index (χ3n) is 5.70. The summed E-state index contributed by atoms with van der Waals surface area (Å²) in [6.07, 6.45) is 14.1. The highest BCUT2D eigenvalue weighted by atomic mass is 79.9. The van der Waals surface area contributed by atoms with E-state index in [1.807, 2.05) is 45.5 Å². The molecule has 41 heavy (non-hydrogen) atoms. The molecule has 11 nitrogen and oxygen atoms in total. The minimum Gasteiger partial charge on any atom is -0.363 e. The van der Waals surface area contributed by atoms with Crippen LogP contribution in [0, 0.1) is 0 Å². The number of carbonyl (C=O) groups is 1. The minimum absolute atomic E-state index is 0.115. The smallest absolute Gasteiger partial charge is 0.225 e. The predicted molar refractivity (Wildman–Crippen MR) is 169 cm³/mol. The lowest BCUT2D eigenvalue weighted by molar-refractivity contribution is -0.116. The Hall–Kier alpha value is -3.27. The van der Waals surface area contributed by atoms with Crippen molar-refractivity contribution in [1.82, 2.24) is 38.7 Å². The highest BCUT2D eigenvalue weighted by Crippen LogP contribution is 2.26. The van der Waals surface area contributed by atoms with Gasteiger partial charge in [0.2, 0.25) is 5.91 Å². The van der Waals surface area contributed by atoms with Crippen LogP contribution in [0.2, 0.25) is 0 Å². The van der Waals surface area contributed by atoms with Crippen molar-refractivity contribution >= 4 is 92.6 Å². The second-order valence-corrected chi connectivity index (χ2v) is 11.8. The van der Waals surface area contributed by atoms with E-state index in [2.05, 4.69) is 98.9 Å².